The van der Waals surface area contributed by atoms with Crippen molar-refractivity contribution in [1.29, 1.82) is 0 Å². The third-order valence-electron chi connectivity index (χ3n) is 2.85. The highest BCUT2D eigenvalue weighted by Crippen LogP contribution is 2.28. The zero-order valence-electron chi connectivity index (χ0n) is 11.1. The van der Waals surface area contributed by atoms with Crippen LogP contribution >= 0.6 is 0 Å². The van der Waals surface area contributed by atoms with Crippen LogP contribution in [-0.4, -0.2) is 36.4 Å². The van der Waals surface area contributed by atoms with Gasteiger partial charge in [0.1, 0.15) is 5.75 Å². The third-order valence-corrected chi connectivity index (χ3v) is 2.85. The van der Waals surface area contributed by atoms with Crippen molar-refractivity contribution in [3.63, 3.8) is 0 Å². The van der Waals surface area contributed by atoms with E-state index in [4.69, 9.17) is 4.74 Å². The molecule has 0 bridgehead atoms. The first kappa shape index (κ1) is 13.9. The van der Waals surface area contributed by atoms with Crippen molar-refractivity contribution in [2.24, 2.45) is 0 Å². The highest BCUT2D eigenvalue weighted by atomic mass is 16.5. The Bertz CT molecular complexity index is 556. The average Bonchev–Trinajstić information content (AvgIpc) is 2.45. The Morgan fingerprint density at radius 2 is 2.05 bits per heavy atom. The summed E-state index contributed by atoms with van der Waals surface area (Å²) in [5.74, 6) is 0.178. The first-order valence-corrected chi connectivity index (χ1v) is 6.23. The molecule has 0 atom stereocenters. The number of amides is 2. The topological polar surface area (TPSA) is 58.6 Å². The molecule has 1 aromatic carbocycles. The summed E-state index contributed by atoms with van der Waals surface area (Å²) >= 11 is 0. The van der Waals surface area contributed by atoms with Crippen LogP contribution in [0.4, 0.5) is 5.69 Å². The van der Waals surface area contributed by atoms with Crippen molar-refractivity contribution < 1.29 is 14.3 Å². The molecule has 0 aliphatic carbocycles. The van der Waals surface area contributed by atoms with Gasteiger partial charge in [-0.25, -0.2) is 0 Å². The first-order valence-electron chi connectivity index (χ1n) is 6.23. The van der Waals surface area contributed by atoms with Crippen LogP contribution in [0.15, 0.2) is 43.5 Å². The number of rotatable bonds is 5. The van der Waals surface area contributed by atoms with Gasteiger partial charge in [-0.1, -0.05) is 12.2 Å². The molecule has 1 heterocycles. The minimum absolute atomic E-state index is 0.0341. The Labute approximate surface area is 117 Å². The van der Waals surface area contributed by atoms with E-state index in [-0.39, 0.29) is 18.4 Å². The van der Waals surface area contributed by atoms with Gasteiger partial charge >= 0.3 is 0 Å². The number of nitrogens with one attached hydrogen (secondary N) is 1. The normalized spacial score (nSPS) is 12.7. The molecule has 0 saturated heterocycles. The van der Waals surface area contributed by atoms with Crippen LogP contribution < -0.4 is 10.1 Å². The molecular weight excluding hydrogens is 256 g/mol. The van der Waals surface area contributed by atoms with E-state index in [1.807, 2.05) is 0 Å². The van der Waals surface area contributed by atoms with E-state index in [2.05, 4.69) is 18.5 Å². The van der Waals surface area contributed by atoms with Gasteiger partial charge in [0.05, 0.1) is 5.69 Å². The molecule has 0 unspecified atom stereocenters. The number of benzene rings is 1. The molecule has 2 amide bonds. The lowest BCUT2D eigenvalue weighted by Gasteiger charge is -2.22. The van der Waals surface area contributed by atoms with Gasteiger partial charge in [-0.3, -0.25) is 9.59 Å². The first-order chi connectivity index (χ1) is 9.65. The van der Waals surface area contributed by atoms with Crippen LogP contribution in [-0.2, 0) is 4.79 Å². The van der Waals surface area contributed by atoms with Crippen molar-refractivity contribution in [2.45, 2.75) is 0 Å². The Balaban J connectivity index is 2.24. The van der Waals surface area contributed by atoms with Crippen molar-refractivity contribution >= 4 is 17.5 Å². The Morgan fingerprint density at radius 1 is 1.35 bits per heavy atom. The van der Waals surface area contributed by atoms with E-state index in [0.717, 1.165) is 0 Å². The smallest absolute Gasteiger partial charge is 0.262 e. The summed E-state index contributed by atoms with van der Waals surface area (Å²) in [4.78, 5) is 25.2. The minimum atomic E-state index is -0.198. The second-order valence-electron chi connectivity index (χ2n) is 4.34. The number of nitrogens with zero attached hydrogens (tertiary/aromatic N) is 1. The van der Waals surface area contributed by atoms with Crippen LogP contribution in [0.5, 0.6) is 5.75 Å². The van der Waals surface area contributed by atoms with E-state index < -0.39 is 0 Å². The Kier molecular flexibility index (Phi) is 4.20. The van der Waals surface area contributed by atoms with E-state index >= 15 is 0 Å². The largest absolute Gasteiger partial charge is 0.482 e. The fourth-order valence-electron chi connectivity index (χ4n) is 1.94. The average molecular weight is 272 g/mol. The molecule has 1 aliphatic heterocycles. The van der Waals surface area contributed by atoms with Gasteiger partial charge in [-0.05, 0) is 18.2 Å². The van der Waals surface area contributed by atoms with Crippen molar-refractivity contribution in [2.75, 3.05) is 25.0 Å². The molecule has 0 aromatic heterocycles. The molecule has 5 nitrogen and oxygen atoms in total. The standard InChI is InChI=1S/C15H16N2O3/c1-3-7-17(8-4-2)15(19)11-5-6-12-13(9-11)20-10-14(18)16-12/h3-6,9H,1-2,7-8,10H2,(H,16,18). The maximum Gasteiger partial charge on any atom is 0.262 e. The van der Waals surface area contributed by atoms with Gasteiger partial charge in [0.25, 0.3) is 11.8 Å². The molecule has 5 heteroatoms. The molecule has 0 saturated carbocycles. The molecule has 20 heavy (non-hydrogen) atoms. The highest BCUT2D eigenvalue weighted by molar-refractivity contribution is 5.99. The zero-order valence-corrected chi connectivity index (χ0v) is 11.1. The van der Waals surface area contributed by atoms with Crippen molar-refractivity contribution in [3.8, 4) is 5.75 Å². The van der Waals surface area contributed by atoms with Crippen molar-refractivity contribution in [1.82, 2.24) is 4.90 Å². The van der Waals surface area contributed by atoms with Gasteiger partial charge in [0.15, 0.2) is 6.61 Å². The SMILES string of the molecule is C=CCN(CC=C)C(=O)c1ccc2c(c1)OCC(=O)N2. The number of carbonyl (C=O) groups is 2. The lowest BCUT2D eigenvalue weighted by molar-refractivity contribution is -0.118. The highest BCUT2D eigenvalue weighted by Gasteiger charge is 2.19. The molecule has 1 N–H and O–H groups in total. The van der Waals surface area contributed by atoms with E-state index in [1.165, 1.54) is 0 Å². The van der Waals surface area contributed by atoms with E-state index in [9.17, 15) is 9.59 Å². The Morgan fingerprint density at radius 3 is 2.70 bits per heavy atom. The second-order valence-corrected chi connectivity index (χ2v) is 4.34. The molecule has 0 spiro atoms. The zero-order chi connectivity index (χ0) is 14.5. The molecule has 0 fully saturated rings. The molecule has 1 aliphatic rings. The number of hydrogen-bond donors (Lipinski definition) is 1. The van der Waals surface area contributed by atoms with Crippen LogP contribution in [0.1, 0.15) is 10.4 Å². The van der Waals surface area contributed by atoms with Gasteiger partial charge in [-0.15, -0.1) is 13.2 Å². The molecule has 2 rings (SSSR count). The maximum atomic E-state index is 12.4. The number of fused-ring (bicyclic) bond motifs is 1. The number of hydrogen-bond acceptors (Lipinski definition) is 3. The molecule has 1 aromatic rings. The summed E-state index contributed by atoms with van der Waals surface area (Å²) in [5, 5.41) is 2.68. The monoisotopic (exact) mass is 272 g/mol. The predicted octanol–water partition coefficient (Wildman–Crippen LogP) is 1.83. The van der Waals surface area contributed by atoms with Crippen LogP contribution in [0.25, 0.3) is 0 Å². The second kappa shape index (κ2) is 6.06. The van der Waals surface area contributed by atoms with Gasteiger partial charge < -0.3 is 15.0 Å². The summed E-state index contributed by atoms with van der Waals surface area (Å²) in [5.41, 5.74) is 1.08. The van der Waals surface area contributed by atoms with Crippen LogP contribution in [0, 0.1) is 0 Å². The van der Waals surface area contributed by atoms with Gasteiger partial charge in [-0.2, -0.15) is 0 Å². The van der Waals surface area contributed by atoms with Crippen molar-refractivity contribution in [3.05, 3.63) is 49.1 Å². The summed E-state index contributed by atoms with van der Waals surface area (Å²) in [6.45, 7) is 8.13. The lowest BCUT2D eigenvalue weighted by Crippen LogP contribution is -2.31. The third kappa shape index (κ3) is 2.88. The van der Waals surface area contributed by atoms with E-state index in [0.29, 0.717) is 30.1 Å². The summed E-state index contributed by atoms with van der Waals surface area (Å²) < 4.78 is 5.30. The lowest BCUT2D eigenvalue weighted by atomic mass is 10.1. The van der Waals surface area contributed by atoms with E-state index in [1.54, 1.807) is 35.3 Å². The fraction of sp³-hybridized carbons (Fsp3) is 0.200. The number of anilines is 1. The summed E-state index contributed by atoms with van der Waals surface area (Å²) in [6, 6.07) is 4.96. The molecule has 0 radical (unpaired) electrons. The van der Waals surface area contributed by atoms with Crippen LogP contribution in [0.3, 0.4) is 0 Å². The summed E-state index contributed by atoms with van der Waals surface area (Å²) in [6.07, 6.45) is 3.33. The Hall–Kier alpha value is -2.56. The fourth-order valence-corrected chi connectivity index (χ4v) is 1.94. The van der Waals surface area contributed by atoms with Crippen LogP contribution in [0.2, 0.25) is 0 Å². The minimum Gasteiger partial charge on any atom is -0.482 e. The van der Waals surface area contributed by atoms with Gasteiger partial charge in [0, 0.05) is 18.7 Å². The molecule has 104 valence electrons. The number of carbonyl (C=O) groups excluding carboxylic acids is 2. The molecular formula is C15H16N2O3. The maximum absolute atomic E-state index is 12.4. The van der Waals surface area contributed by atoms with Gasteiger partial charge in [0.2, 0.25) is 0 Å². The predicted molar refractivity (Wildman–Crippen MR) is 76.9 cm³/mol. The quantitative estimate of drug-likeness (QED) is 0.832. The summed E-state index contributed by atoms with van der Waals surface area (Å²) in [7, 11) is 0. The number of ether oxygens (including phenoxy) is 1.